The molecule has 0 aromatic heterocycles. The van der Waals surface area contributed by atoms with Crippen molar-refractivity contribution in [2.45, 2.75) is 37.8 Å². The van der Waals surface area contributed by atoms with Crippen molar-refractivity contribution >= 4 is 0 Å². The van der Waals surface area contributed by atoms with E-state index in [1.165, 1.54) is 51.9 Å². The third-order valence-electron chi connectivity index (χ3n) is 4.08. The van der Waals surface area contributed by atoms with Crippen LogP contribution in [0.15, 0.2) is 0 Å². The van der Waals surface area contributed by atoms with Gasteiger partial charge in [0.05, 0.1) is 0 Å². The first-order chi connectivity index (χ1) is 8.61. The number of hydrogen-bond donors (Lipinski definition) is 2. The van der Waals surface area contributed by atoms with Gasteiger partial charge in [0.25, 0.3) is 0 Å². The maximum Gasteiger partial charge on any atom is 0.0113 e. The molecule has 2 aliphatic heterocycles. The zero-order valence-electron chi connectivity index (χ0n) is 12.7. The Morgan fingerprint density at radius 2 is 0.889 bits per heavy atom. The number of nitrogens with one attached hydrogen (secondary N) is 2. The van der Waals surface area contributed by atoms with E-state index >= 15 is 0 Å². The Bertz CT molecular complexity index is 172. The molecule has 108 valence electrons. The smallest absolute Gasteiger partial charge is 0.0113 e. The van der Waals surface area contributed by atoms with Crippen molar-refractivity contribution in [3.63, 3.8) is 0 Å². The maximum atomic E-state index is 3.34. The van der Waals surface area contributed by atoms with Gasteiger partial charge in [0, 0.05) is 12.1 Å². The van der Waals surface area contributed by atoms with Crippen molar-refractivity contribution in [3.8, 4) is 0 Å². The molecule has 2 rings (SSSR count). The van der Waals surface area contributed by atoms with Crippen molar-refractivity contribution in [2.24, 2.45) is 0 Å². The normalized spacial score (nSPS) is 23.0. The average Bonchev–Trinajstić information content (AvgIpc) is 2.41. The van der Waals surface area contributed by atoms with Crippen molar-refractivity contribution in [3.05, 3.63) is 0 Å². The summed E-state index contributed by atoms with van der Waals surface area (Å²) in [5.41, 5.74) is 0. The molecule has 2 N–H and O–H groups in total. The highest BCUT2D eigenvalue weighted by molar-refractivity contribution is 4.73. The minimum absolute atomic E-state index is 0.825. The summed E-state index contributed by atoms with van der Waals surface area (Å²) in [4.78, 5) is 4.64. The lowest BCUT2D eigenvalue weighted by Gasteiger charge is -2.28. The number of rotatable bonds is 2. The van der Waals surface area contributed by atoms with Crippen LogP contribution in [0.3, 0.4) is 0 Å². The fourth-order valence-electron chi connectivity index (χ4n) is 2.65. The molecule has 2 fully saturated rings. The molecule has 0 aromatic rings. The van der Waals surface area contributed by atoms with Crippen LogP contribution in [0.5, 0.6) is 0 Å². The Hall–Kier alpha value is -0.160. The van der Waals surface area contributed by atoms with Gasteiger partial charge in [-0.2, -0.15) is 0 Å². The van der Waals surface area contributed by atoms with Gasteiger partial charge in [0.1, 0.15) is 0 Å². The second kappa shape index (κ2) is 8.86. The summed E-state index contributed by atoms with van der Waals surface area (Å²) in [6.45, 7) is 4.79. The predicted molar refractivity (Wildman–Crippen MR) is 79.2 cm³/mol. The highest BCUT2D eigenvalue weighted by Gasteiger charge is 2.14. The van der Waals surface area contributed by atoms with Gasteiger partial charge in [-0.25, -0.2) is 0 Å². The zero-order valence-corrected chi connectivity index (χ0v) is 12.7. The lowest BCUT2D eigenvalue weighted by molar-refractivity contribution is 0.238. The molecule has 18 heavy (non-hydrogen) atoms. The molecule has 0 aromatic carbocycles. The van der Waals surface area contributed by atoms with Gasteiger partial charge in [0.2, 0.25) is 0 Å². The highest BCUT2D eigenvalue weighted by atomic mass is 15.1. The van der Waals surface area contributed by atoms with Gasteiger partial charge in [-0.1, -0.05) is 0 Å². The van der Waals surface area contributed by atoms with Gasteiger partial charge < -0.3 is 20.4 Å². The fourth-order valence-corrected chi connectivity index (χ4v) is 2.65. The molecule has 2 saturated heterocycles. The molecule has 0 spiro atoms. The van der Waals surface area contributed by atoms with Crippen LogP contribution >= 0.6 is 0 Å². The quantitative estimate of drug-likeness (QED) is 0.757. The monoisotopic (exact) mass is 256 g/mol. The molecule has 0 aliphatic carbocycles. The van der Waals surface area contributed by atoms with E-state index in [0.717, 1.165) is 12.1 Å². The van der Waals surface area contributed by atoms with Crippen LogP contribution in [0.2, 0.25) is 0 Å². The van der Waals surface area contributed by atoms with Gasteiger partial charge in [-0.05, 0) is 80.1 Å². The van der Waals surface area contributed by atoms with Gasteiger partial charge in [-0.3, -0.25) is 0 Å². The van der Waals surface area contributed by atoms with Crippen molar-refractivity contribution < 1.29 is 0 Å². The lowest BCUT2D eigenvalue weighted by Crippen LogP contribution is -2.39. The SMILES string of the molecule is CN(C)C1CCNCC1.CN(C)C1CCNCC1. The summed E-state index contributed by atoms with van der Waals surface area (Å²) in [5.74, 6) is 0. The second-order valence-corrected chi connectivity index (χ2v) is 5.89. The largest absolute Gasteiger partial charge is 0.317 e. The molecule has 0 saturated carbocycles. The van der Waals surface area contributed by atoms with E-state index in [1.807, 2.05) is 0 Å². The van der Waals surface area contributed by atoms with Crippen molar-refractivity contribution in [1.82, 2.24) is 20.4 Å². The first-order valence-electron chi connectivity index (χ1n) is 7.35. The molecule has 2 aliphatic rings. The van der Waals surface area contributed by atoms with Gasteiger partial charge in [0.15, 0.2) is 0 Å². The van der Waals surface area contributed by atoms with E-state index in [9.17, 15) is 0 Å². The predicted octanol–water partition coefficient (Wildman–Crippen LogP) is 0.600. The van der Waals surface area contributed by atoms with E-state index in [4.69, 9.17) is 0 Å². The maximum absolute atomic E-state index is 3.34. The molecule has 4 nitrogen and oxygen atoms in total. The lowest BCUT2D eigenvalue weighted by atomic mass is 10.1. The molecular formula is C14H32N4. The van der Waals surface area contributed by atoms with Crippen LogP contribution in [-0.4, -0.2) is 76.3 Å². The van der Waals surface area contributed by atoms with Crippen LogP contribution in [0.4, 0.5) is 0 Å². The summed E-state index contributed by atoms with van der Waals surface area (Å²) in [6.07, 6.45) is 5.25. The van der Waals surface area contributed by atoms with E-state index in [0.29, 0.717) is 0 Å². The fraction of sp³-hybridized carbons (Fsp3) is 1.00. The zero-order chi connectivity index (χ0) is 13.4. The van der Waals surface area contributed by atoms with Crippen LogP contribution in [-0.2, 0) is 0 Å². The minimum atomic E-state index is 0.825. The third-order valence-corrected chi connectivity index (χ3v) is 4.08. The molecule has 4 heteroatoms. The second-order valence-electron chi connectivity index (χ2n) is 5.89. The van der Waals surface area contributed by atoms with Gasteiger partial charge in [-0.15, -0.1) is 0 Å². The summed E-state index contributed by atoms with van der Waals surface area (Å²) in [5, 5.41) is 6.69. The standard InChI is InChI=1S/2C7H16N2/c2*1-9(2)7-3-5-8-6-4-7/h2*7-8H,3-6H2,1-2H3. The molecule has 2 heterocycles. The molecule has 0 bridgehead atoms. The summed E-state index contributed by atoms with van der Waals surface area (Å²) < 4.78 is 0. The number of hydrogen-bond acceptors (Lipinski definition) is 4. The third kappa shape index (κ3) is 6.14. The topological polar surface area (TPSA) is 30.5 Å². The summed E-state index contributed by atoms with van der Waals surface area (Å²) >= 11 is 0. The first kappa shape index (κ1) is 15.9. The Kier molecular flexibility index (Phi) is 7.82. The Morgan fingerprint density at radius 3 is 1.06 bits per heavy atom. The van der Waals surface area contributed by atoms with Crippen LogP contribution in [0, 0.1) is 0 Å². The molecule has 0 unspecified atom stereocenters. The Morgan fingerprint density at radius 1 is 0.611 bits per heavy atom. The van der Waals surface area contributed by atoms with Gasteiger partial charge >= 0.3 is 0 Å². The van der Waals surface area contributed by atoms with E-state index in [1.54, 1.807) is 0 Å². The Balaban J connectivity index is 0.000000180. The van der Waals surface area contributed by atoms with Crippen molar-refractivity contribution in [2.75, 3.05) is 54.4 Å². The molecule has 0 amide bonds. The molecular weight excluding hydrogens is 224 g/mol. The average molecular weight is 256 g/mol. The Labute approximate surface area is 113 Å². The van der Waals surface area contributed by atoms with Crippen molar-refractivity contribution in [1.29, 1.82) is 0 Å². The molecule has 0 atom stereocenters. The van der Waals surface area contributed by atoms with Crippen LogP contribution in [0.1, 0.15) is 25.7 Å². The highest BCUT2D eigenvalue weighted by Crippen LogP contribution is 2.07. The molecule has 0 radical (unpaired) electrons. The van der Waals surface area contributed by atoms with E-state index < -0.39 is 0 Å². The minimum Gasteiger partial charge on any atom is -0.317 e. The summed E-state index contributed by atoms with van der Waals surface area (Å²) in [6, 6.07) is 1.65. The first-order valence-corrected chi connectivity index (χ1v) is 7.35. The summed E-state index contributed by atoms with van der Waals surface area (Å²) in [7, 11) is 8.65. The number of piperidine rings is 2. The van der Waals surface area contributed by atoms with E-state index in [-0.39, 0.29) is 0 Å². The number of nitrogens with zero attached hydrogens (tertiary/aromatic N) is 2. The van der Waals surface area contributed by atoms with Crippen LogP contribution < -0.4 is 10.6 Å². The van der Waals surface area contributed by atoms with Crippen LogP contribution in [0.25, 0.3) is 0 Å². The van der Waals surface area contributed by atoms with E-state index in [2.05, 4.69) is 48.6 Å².